The molecule has 5 rings (SSSR count). The number of ether oxygens (including phenoxy) is 1. The minimum Gasteiger partial charge on any atom is -0.497 e. The number of benzene rings is 3. The second kappa shape index (κ2) is 10.5. The number of nitrogens with zero attached hydrogens (tertiary/aromatic N) is 1. The molecule has 1 atom stereocenters. The number of hydrogen-bond donors (Lipinski definition) is 2. The monoisotopic (exact) mass is 499 g/mol. The van der Waals surface area contributed by atoms with Crippen molar-refractivity contribution in [3.63, 3.8) is 0 Å². The lowest BCUT2D eigenvalue weighted by Gasteiger charge is -2.25. The van der Waals surface area contributed by atoms with Crippen molar-refractivity contribution in [2.24, 2.45) is 0 Å². The number of carbonyl (C=O) groups is 2. The molecule has 0 spiro atoms. The van der Waals surface area contributed by atoms with Gasteiger partial charge in [0.15, 0.2) is 0 Å². The van der Waals surface area contributed by atoms with Crippen molar-refractivity contribution < 1.29 is 14.3 Å². The molecule has 2 amide bonds. The number of aromatic amines is 1. The molecule has 7 heteroatoms. The smallest absolute Gasteiger partial charge is 0.249 e. The summed E-state index contributed by atoms with van der Waals surface area (Å²) in [5.41, 5.74) is 6.05. The van der Waals surface area contributed by atoms with Crippen molar-refractivity contribution in [2.75, 3.05) is 19.1 Å². The Balaban J connectivity index is 1.48. The summed E-state index contributed by atoms with van der Waals surface area (Å²) in [6.07, 6.45) is 0.637. The van der Waals surface area contributed by atoms with Crippen LogP contribution >= 0.6 is 11.8 Å². The average Bonchev–Trinajstić information content (AvgIpc) is 3.24. The van der Waals surface area contributed by atoms with Crippen LogP contribution in [-0.2, 0) is 33.9 Å². The van der Waals surface area contributed by atoms with Crippen molar-refractivity contribution in [1.82, 2.24) is 10.3 Å². The van der Waals surface area contributed by atoms with E-state index in [1.54, 1.807) is 19.1 Å². The van der Waals surface area contributed by atoms with E-state index in [4.69, 9.17) is 4.74 Å². The number of anilines is 1. The van der Waals surface area contributed by atoms with Gasteiger partial charge in [-0.2, -0.15) is 11.8 Å². The highest BCUT2D eigenvalue weighted by Gasteiger charge is 2.27. The number of amides is 2. The minimum atomic E-state index is -0.693. The molecule has 0 unspecified atom stereocenters. The van der Waals surface area contributed by atoms with Crippen LogP contribution in [-0.4, -0.2) is 37.0 Å². The first-order chi connectivity index (χ1) is 17.5. The van der Waals surface area contributed by atoms with Crippen LogP contribution < -0.4 is 15.0 Å². The Kier molecular flexibility index (Phi) is 7.00. The number of likely N-dealkylation sites (N-methyl/N-ethyl adjacent to an activating group) is 1. The van der Waals surface area contributed by atoms with Gasteiger partial charge in [0.2, 0.25) is 11.8 Å². The second-order valence-electron chi connectivity index (χ2n) is 9.04. The first-order valence-electron chi connectivity index (χ1n) is 12.0. The number of nitrogens with one attached hydrogen (secondary N) is 2. The Morgan fingerprint density at radius 1 is 1.00 bits per heavy atom. The van der Waals surface area contributed by atoms with Gasteiger partial charge in [-0.1, -0.05) is 42.5 Å². The van der Waals surface area contributed by atoms with E-state index in [0.29, 0.717) is 6.42 Å². The van der Waals surface area contributed by atoms with Crippen LogP contribution in [0.5, 0.6) is 5.75 Å². The number of rotatable bonds is 3. The van der Waals surface area contributed by atoms with Crippen LogP contribution in [0.4, 0.5) is 5.69 Å². The Morgan fingerprint density at radius 3 is 2.58 bits per heavy atom. The Morgan fingerprint density at radius 2 is 1.78 bits per heavy atom. The van der Waals surface area contributed by atoms with Crippen molar-refractivity contribution in [1.29, 1.82) is 0 Å². The van der Waals surface area contributed by atoms with Gasteiger partial charge < -0.3 is 19.9 Å². The van der Waals surface area contributed by atoms with Crippen molar-refractivity contribution in [2.45, 2.75) is 30.4 Å². The van der Waals surface area contributed by atoms with Crippen LogP contribution in [0.3, 0.4) is 0 Å². The third kappa shape index (κ3) is 5.11. The average molecular weight is 500 g/mol. The van der Waals surface area contributed by atoms with E-state index in [9.17, 15) is 9.59 Å². The fourth-order valence-corrected chi connectivity index (χ4v) is 5.67. The minimum absolute atomic E-state index is 0.164. The molecule has 1 aromatic heterocycles. The number of aromatic nitrogens is 1. The molecule has 1 aliphatic heterocycles. The lowest BCUT2D eigenvalue weighted by atomic mass is 10.0. The topological polar surface area (TPSA) is 74.4 Å². The molecule has 0 aliphatic carbocycles. The van der Waals surface area contributed by atoms with E-state index >= 15 is 0 Å². The zero-order valence-electron chi connectivity index (χ0n) is 20.4. The number of carbonyl (C=O) groups excluding carboxylic acids is 2. The fourth-order valence-electron chi connectivity index (χ4n) is 4.71. The summed E-state index contributed by atoms with van der Waals surface area (Å²) in [4.78, 5) is 32.1. The lowest BCUT2D eigenvalue weighted by molar-refractivity contribution is -0.127. The van der Waals surface area contributed by atoms with E-state index in [2.05, 4.69) is 22.4 Å². The number of para-hydroxylation sites is 1. The van der Waals surface area contributed by atoms with Gasteiger partial charge in [-0.05, 0) is 47.0 Å². The van der Waals surface area contributed by atoms with Gasteiger partial charge in [0.05, 0.1) is 13.5 Å². The summed E-state index contributed by atoms with van der Waals surface area (Å²) in [5, 5.41) is 4.11. The molecule has 0 radical (unpaired) electrons. The van der Waals surface area contributed by atoms with E-state index in [1.807, 2.05) is 72.4 Å². The van der Waals surface area contributed by atoms with Crippen molar-refractivity contribution >= 4 is 40.2 Å². The molecule has 1 aliphatic rings. The summed E-state index contributed by atoms with van der Waals surface area (Å²) in [7, 11) is 3.35. The predicted molar refractivity (Wildman–Crippen MR) is 145 cm³/mol. The Hall–Kier alpha value is -3.71. The molecule has 0 saturated carbocycles. The highest BCUT2D eigenvalue weighted by Crippen LogP contribution is 2.28. The summed E-state index contributed by atoms with van der Waals surface area (Å²) in [5.74, 6) is 2.03. The summed E-state index contributed by atoms with van der Waals surface area (Å²) < 4.78 is 5.24. The lowest BCUT2D eigenvalue weighted by Crippen LogP contribution is -2.49. The number of thioether (sulfide) groups is 1. The molecule has 3 aromatic carbocycles. The number of methoxy groups -OCH3 is 1. The van der Waals surface area contributed by atoms with E-state index in [0.717, 1.165) is 50.7 Å². The fraction of sp³-hybridized carbons (Fsp3) is 0.241. The molecule has 2 heterocycles. The van der Waals surface area contributed by atoms with Gasteiger partial charge >= 0.3 is 0 Å². The van der Waals surface area contributed by atoms with E-state index in [1.165, 1.54) is 5.56 Å². The number of fused-ring (bicyclic) bond motifs is 5. The first kappa shape index (κ1) is 24.0. The molecular weight excluding hydrogens is 470 g/mol. The zero-order valence-corrected chi connectivity index (χ0v) is 21.2. The zero-order chi connectivity index (χ0) is 25.1. The van der Waals surface area contributed by atoms with Crippen LogP contribution in [0.2, 0.25) is 0 Å². The maximum atomic E-state index is 13.7. The quantitative estimate of drug-likeness (QED) is 0.422. The number of hydrogen-bond acceptors (Lipinski definition) is 4. The normalized spacial score (nSPS) is 16.2. The Labute approximate surface area is 215 Å². The third-order valence-electron chi connectivity index (χ3n) is 6.61. The van der Waals surface area contributed by atoms with Crippen molar-refractivity contribution in [3.8, 4) is 5.75 Å². The molecule has 4 aromatic rings. The SMILES string of the molecule is COc1ccc(N(C)C(=O)[C@@H]2Cc3cccc(c3)CSCc3[nH]c4ccccc4c3CC(=O)N2)cc1. The largest absolute Gasteiger partial charge is 0.497 e. The summed E-state index contributed by atoms with van der Waals surface area (Å²) in [6.45, 7) is 0. The first-order valence-corrected chi connectivity index (χ1v) is 13.1. The highest BCUT2D eigenvalue weighted by molar-refractivity contribution is 7.97. The highest BCUT2D eigenvalue weighted by atomic mass is 32.2. The van der Waals surface area contributed by atoms with Gasteiger partial charge in [0.25, 0.3) is 0 Å². The third-order valence-corrected chi connectivity index (χ3v) is 7.64. The van der Waals surface area contributed by atoms with Gasteiger partial charge in [0.1, 0.15) is 11.8 Å². The number of H-pyrrole nitrogens is 1. The standard InChI is InChI=1S/C29H29N3O3S/c1-32(21-10-12-22(35-2)13-11-21)29(34)26-15-19-6-5-7-20(14-19)17-36-18-27-24(16-28(33)31-26)23-8-3-4-9-25(23)30-27/h3-14,26,30H,15-18H2,1-2H3,(H,31,33)/t26-/m0/s1. The maximum Gasteiger partial charge on any atom is 0.249 e. The maximum absolute atomic E-state index is 13.7. The molecule has 184 valence electrons. The summed E-state index contributed by atoms with van der Waals surface area (Å²) >= 11 is 1.82. The van der Waals surface area contributed by atoms with Crippen LogP contribution in [0, 0.1) is 0 Å². The van der Waals surface area contributed by atoms with Gasteiger partial charge in [-0.25, -0.2) is 0 Å². The van der Waals surface area contributed by atoms with Crippen molar-refractivity contribution in [3.05, 3.63) is 95.2 Å². The summed E-state index contributed by atoms with van der Waals surface area (Å²) in [6, 6.07) is 23.0. The molecule has 36 heavy (non-hydrogen) atoms. The molecular formula is C29H29N3O3S. The van der Waals surface area contributed by atoms with Gasteiger partial charge in [0, 0.05) is 47.3 Å². The van der Waals surface area contributed by atoms with Crippen LogP contribution in [0.25, 0.3) is 10.9 Å². The van der Waals surface area contributed by atoms with Crippen LogP contribution in [0.15, 0.2) is 72.8 Å². The van der Waals surface area contributed by atoms with Gasteiger partial charge in [-0.15, -0.1) is 0 Å². The second-order valence-corrected chi connectivity index (χ2v) is 10.0. The van der Waals surface area contributed by atoms with E-state index < -0.39 is 6.04 Å². The predicted octanol–water partition coefficient (Wildman–Crippen LogP) is 4.86. The molecule has 0 saturated heterocycles. The molecule has 2 N–H and O–H groups in total. The molecule has 2 bridgehead atoms. The Bertz CT molecular complexity index is 1400. The van der Waals surface area contributed by atoms with E-state index in [-0.39, 0.29) is 18.2 Å². The van der Waals surface area contributed by atoms with Gasteiger partial charge in [-0.3, -0.25) is 9.59 Å². The molecule has 0 fully saturated rings. The van der Waals surface area contributed by atoms with Crippen LogP contribution in [0.1, 0.15) is 22.4 Å². The molecule has 6 nitrogen and oxygen atoms in total.